The van der Waals surface area contributed by atoms with Crippen LogP contribution in [0.15, 0.2) is 60.9 Å². The second kappa shape index (κ2) is 8.06. The molecule has 0 saturated carbocycles. The van der Waals surface area contributed by atoms with E-state index in [1.165, 1.54) is 15.2 Å². The third kappa shape index (κ3) is 3.46. The summed E-state index contributed by atoms with van der Waals surface area (Å²) in [6.07, 6.45) is 3.94. The third-order valence-corrected chi connectivity index (χ3v) is 6.85. The van der Waals surface area contributed by atoms with Crippen molar-refractivity contribution < 1.29 is 9.31 Å². The van der Waals surface area contributed by atoms with Crippen LogP contribution in [-0.2, 0) is 7.05 Å². The Bertz CT molecular complexity index is 1520. The summed E-state index contributed by atoms with van der Waals surface area (Å²) in [4.78, 5) is 19.7. The molecule has 0 unspecified atom stereocenters. The number of nitrogens with one attached hydrogen (secondary N) is 1. The molecule has 11 heteroatoms. The summed E-state index contributed by atoms with van der Waals surface area (Å²) in [5, 5.41) is 16.0. The maximum Gasteiger partial charge on any atom is 0.306 e. The largest absolute Gasteiger partial charge is 0.350 e. The van der Waals surface area contributed by atoms with E-state index < -0.39 is 16.4 Å². The second-order valence-corrected chi connectivity index (χ2v) is 8.78. The van der Waals surface area contributed by atoms with E-state index in [0.717, 1.165) is 39.7 Å². The van der Waals surface area contributed by atoms with E-state index in [2.05, 4.69) is 31.5 Å². The predicted molar refractivity (Wildman–Crippen MR) is 133 cm³/mol. The molecule has 0 atom stereocenters. The van der Waals surface area contributed by atoms with Gasteiger partial charge in [0, 0.05) is 83.4 Å². The summed E-state index contributed by atoms with van der Waals surface area (Å²) in [6, 6.07) is 13.6. The minimum absolute atomic E-state index is 0.256. The SMILES string of the molecule is Cn1cc(-c2nc(Nc3ccc(F)c([N+](=O)[O-])c3)nc3c2ccn3SI)c2ccccc21. The summed E-state index contributed by atoms with van der Waals surface area (Å²) < 4.78 is 17.7. The van der Waals surface area contributed by atoms with Gasteiger partial charge in [0.05, 0.1) is 10.6 Å². The molecule has 0 amide bonds. The Hall–Kier alpha value is -3.19. The van der Waals surface area contributed by atoms with Crippen molar-refractivity contribution in [1.82, 2.24) is 18.5 Å². The van der Waals surface area contributed by atoms with Crippen LogP contribution in [-0.4, -0.2) is 23.4 Å². The molecule has 0 aliphatic rings. The van der Waals surface area contributed by atoms with E-state index in [-0.39, 0.29) is 5.95 Å². The quantitative estimate of drug-likeness (QED) is 0.156. The fourth-order valence-electron chi connectivity index (χ4n) is 3.70. The fourth-order valence-corrected chi connectivity index (χ4v) is 4.96. The molecule has 5 rings (SSSR count). The van der Waals surface area contributed by atoms with Gasteiger partial charge in [0.15, 0.2) is 5.65 Å². The normalized spacial score (nSPS) is 11.3. The number of fused-ring (bicyclic) bond motifs is 2. The van der Waals surface area contributed by atoms with Gasteiger partial charge in [0.25, 0.3) is 0 Å². The first kappa shape index (κ1) is 20.7. The Kier molecular flexibility index (Phi) is 5.21. The van der Waals surface area contributed by atoms with Crippen LogP contribution < -0.4 is 5.32 Å². The molecular weight excluding hydrogens is 546 g/mol. The van der Waals surface area contributed by atoms with Crippen molar-refractivity contribution >= 4 is 69.6 Å². The molecule has 5 aromatic rings. The zero-order valence-electron chi connectivity index (χ0n) is 16.5. The van der Waals surface area contributed by atoms with E-state index in [1.54, 1.807) is 0 Å². The summed E-state index contributed by atoms with van der Waals surface area (Å²) in [5.41, 5.74) is 3.15. The lowest BCUT2D eigenvalue weighted by molar-refractivity contribution is -0.387. The number of hydrogen-bond donors (Lipinski definition) is 1. The number of aryl methyl sites for hydroxylation is 1. The average molecular weight is 560 g/mol. The molecule has 0 radical (unpaired) electrons. The zero-order chi connectivity index (χ0) is 22.4. The number of halogens is 2. The topological polar surface area (TPSA) is 90.8 Å². The van der Waals surface area contributed by atoms with Crippen molar-refractivity contribution in [3.8, 4) is 11.3 Å². The Labute approximate surface area is 197 Å². The smallest absolute Gasteiger partial charge is 0.306 e. The van der Waals surface area contributed by atoms with Gasteiger partial charge >= 0.3 is 5.69 Å². The van der Waals surface area contributed by atoms with Crippen LogP contribution in [0.25, 0.3) is 33.2 Å². The monoisotopic (exact) mass is 560 g/mol. The minimum atomic E-state index is -0.899. The summed E-state index contributed by atoms with van der Waals surface area (Å²) in [7, 11) is 3.44. The number of rotatable bonds is 5. The molecule has 0 spiro atoms. The van der Waals surface area contributed by atoms with Crippen LogP contribution >= 0.6 is 30.3 Å². The maximum atomic E-state index is 13.8. The van der Waals surface area contributed by atoms with Crippen molar-refractivity contribution in [2.45, 2.75) is 0 Å². The van der Waals surface area contributed by atoms with Gasteiger partial charge in [-0.05, 0) is 24.3 Å². The average Bonchev–Trinajstić information content (AvgIpc) is 3.35. The van der Waals surface area contributed by atoms with Gasteiger partial charge in [-0.25, -0.2) is 4.98 Å². The molecule has 0 aliphatic heterocycles. The minimum Gasteiger partial charge on any atom is -0.350 e. The lowest BCUT2D eigenvalue weighted by Crippen LogP contribution is -2.01. The van der Waals surface area contributed by atoms with Gasteiger partial charge in [-0.3, -0.25) is 14.1 Å². The predicted octanol–water partition coefficient (Wildman–Crippen LogP) is 6.23. The van der Waals surface area contributed by atoms with Crippen LogP contribution in [0.2, 0.25) is 0 Å². The summed E-state index contributed by atoms with van der Waals surface area (Å²) in [5.74, 6) is -0.643. The van der Waals surface area contributed by atoms with Crippen molar-refractivity contribution in [3.63, 3.8) is 0 Å². The van der Waals surface area contributed by atoms with E-state index in [1.807, 2.05) is 58.3 Å². The number of nitro benzene ring substituents is 1. The van der Waals surface area contributed by atoms with Crippen LogP contribution in [0.1, 0.15) is 0 Å². The molecular formula is C21H14FIN6O2S. The van der Waals surface area contributed by atoms with Crippen LogP contribution in [0.3, 0.4) is 0 Å². The van der Waals surface area contributed by atoms with E-state index in [0.29, 0.717) is 11.3 Å². The second-order valence-electron chi connectivity index (χ2n) is 7.06. The van der Waals surface area contributed by atoms with Gasteiger partial charge in [-0.1, -0.05) is 18.2 Å². The van der Waals surface area contributed by atoms with Gasteiger partial charge in [0.1, 0.15) is 0 Å². The fraction of sp³-hybridized carbons (Fsp3) is 0.0476. The number of nitrogens with zero attached hydrogens (tertiary/aromatic N) is 5. The molecule has 160 valence electrons. The van der Waals surface area contributed by atoms with Crippen molar-refractivity contribution in [2.24, 2.45) is 7.05 Å². The molecule has 0 aliphatic carbocycles. The van der Waals surface area contributed by atoms with Crippen LogP contribution in [0.5, 0.6) is 0 Å². The number of aromatic nitrogens is 4. The zero-order valence-corrected chi connectivity index (χ0v) is 19.5. The molecule has 1 N–H and O–H groups in total. The highest BCUT2D eigenvalue weighted by atomic mass is 127. The molecule has 3 heterocycles. The molecule has 3 aromatic heterocycles. The Morgan fingerprint density at radius 3 is 2.75 bits per heavy atom. The third-order valence-electron chi connectivity index (χ3n) is 5.14. The first-order chi connectivity index (χ1) is 15.5. The molecule has 0 saturated heterocycles. The van der Waals surface area contributed by atoms with Gasteiger partial charge in [-0.2, -0.15) is 9.37 Å². The molecule has 8 nitrogen and oxygen atoms in total. The Morgan fingerprint density at radius 2 is 1.97 bits per heavy atom. The lowest BCUT2D eigenvalue weighted by atomic mass is 10.1. The van der Waals surface area contributed by atoms with E-state index in [4.69, 9.17) is 4.98 Å². The summed E-state index contributed by atoms with van der Waals surface area (Å²) in [6.45, 7) is 0. The van der Waals surface area contributed by atoms with Crippen molar-refractivity contribution in [2.75, 3.05) is 5.32 Å². The van der Waals surface area contributed by atoms with Crippen LogP contribution in [0, 0.1) is 15.9 Å². The van der Waals surface area contributed by atoms with Gasteiger partial charge < -0.3 is 9.88 Å². The molecule has 2 aromatic carbocycles. The van der Waals surface area contributed by atoms with Gasteiger partial charge in [-0.15, -0.1) is 0 Å². The highest BCUT2D eigenvalue weighted by Crippen LogP contribution is 2.36. The molecule has 0 bridgehead atoms. The van der Waals surface area contributed by atoms with E-state index in [9.17, 15) is 14.5 Å². The first-order valence-corrected chi connectivity index (χ1v) is 12.7. The highest BCUT2D eigenvalue weighted by molar-refractivity contribution is 14.2. The van der Waals surface area contributed by atoms with Crippen molar-refractivity contribution in [3.05, 3.63) is 76.9 Å². The maximum absolute atomic E-state index is 13.8. The van der Waals surface area contributed by atoms with Crippen LogP contribution in [0.4, 0.5) is 21.7 Å². The molecule has 0 fully saturated rings. The Morgan fingerprint density at radius 1 is 1.16 bits per heavy atom. The van der Waals surface area contributed by atoms with Gasteiger partial charge in [0.2, 0.25) is 11.8 Å². The number of nitro groups is 1. The van der Waals surface area contributed by atoms with E-state index >= 15 is 0 Å². The lowest BCUT2D eigenvalue weighted by Gasteiger charge is -2.09. The first-order valence-electron chi connectivity index (χ1n) is 9.40. The van der Waals surface area contributed by atoms with Crippen molar-refractivity contribution in [1.29, 1.82) is 0 Å². The summed E-state index contributed by atoms with van der Waals surface area (Å²) >= 11 is 2.17. The highest BCUT2D eigenvalue weighted by Gasteiger charge is 2.19. The number of para-hydroxylation sites is 1. The number of anilines is 2. The number of benzene rings is 2. The molecule has 32 heavy (non-hydrogen) atoms. The standard InChI is InChI=1S/C21H14FIN6O2S/c1-27-11-15(13-4-2-3-5-17(13)27)19-14-8-9-28(32-23)20(14)26-21(25-19)24-12-6-7-16(22)18(10-12)29(30)31/h2-11H,1H3,(H,24,25,26). The number of hydrogen-bond acceptors (Lipinski definition) is 6. The Balaban J connectivity index is 1.70.